The van der Waals surface area contributed by atoms with Crippen LogP contribution in [-0.2, 0) is 6.42 Å². The Bertz CT molecular complexity index is 475. The number of hydrogen-bond acceptors (Lipinski definition) is 4. The maximum Gasteiger partial charge on any atom is 0.251 e. The van der Waals surface area contributed by atoms with Crippen molar-refractivity contribution in [2.45, 2.75) is 6.42 Å². The highest BCUT2D eigenvalue weighted by Gasteiger charge is 2.01. The predicted molar refractivity (Wildman–Crippen MR) is 49.0 cm³/mol. The summed E-state index contributed by atoms with van der Waals surface area (Å²) in [5.74, 6) is 1.23. The molecule has 0 spiro atoms. The second-order valence-electron chi connectivity index (χ2n) is 2.56. The third kappa shape index (κ3) is 1.45. The minimum atomic E-state index is 0.0626. The van der Waals surface area contributed by atoms with Gasteiger partial charge < -0.3 is 5.11 Å². The van der Waals surface area contributed by atoms with E-state index in [1.165, 1.54) is 0 Å². The number of aromatic nitrogens is 4. The number of nitrogens with zero attached hydrogens (tertiary/aromatic N) is 3. The van der Waals surface area contributed by atoms with E-state index in [2.05, 4.69) is 15.1 Å². The molecule has 2 N–H and O–H groups in total. The minimum Gasteiger partial charge on any atom is -0.396 e. The van der Waals surface area contributed by atoms with Gasteiger partial charge in [0.2, 0.25) is 0 Å². The second kappa shape index (κ2) is 3.23. The number of aliphatic hydroxyl groups excluding tert-OH is 1. The van der Waals surface area contributed by atoms with Gasteiger partial charge in [0.15, 0.2) is 0 Å². The van der Waals surface area contributed by atoms with Gasteiger partial charge in [-0.2, -0.15) is 4.98 Å². The molecule has 13 heavy (non-hydrogen) atoms. The molecule has 0 radical (unpaired) electrons. The first-order valence-electron chi connectivity index (χ1n) is 3.85. The van der Waals surface area contributed by atoms with Gasteiger partial charge in [-0.25, -0.2) is 9.50 Å². The van der Waals surface area contributed by atoms with Crippen LogP contribution in [0.15, 0.2) is 12.3 Å². The monoisotopic (exact) mass is 196 g/mol. The summed E-state index contributed by atoms with van der Waals surface area (Å²) in [6, 6.07) is 1.71. The lowest BCUT2D eigenvalue weighted by Crippen LogP contribution is -1.94. The van der Waals surface area contributed by atoms with Crippen molar-refractivity contribution >= 4 is 18.0 Å². The number of fused-ring (bicyclic) bond motifs is 1. The van der Waals surface area contributed by atoms with Gasteiger partial charge in [0.05, 0.1) is 6.61 Å². The first-order chi connectivity index (χ1) is 6.31. The predicted octanol–water partition coefficient (Wildman–Crippen LogP) is 0.322. The summed E-state index contributed by atoms with van der Waals surface area (Å²) in [7, 11) is 0. The molecule has 0 saturated heterocycles. The van der Waals surface area contributed by atoms with Crippen molar-refractivity contribution in [1.82, 2.24) is 19.6 Å². The van der Waals surface area contributed by atoms with E-state index in [9.17, 15) is 0 Å². The van der Waals surface area contributed by atoms with Crippen LogP contribution in [-0.4, -0.2) is 31.3 Å². The fraction of sp³-hybridized carbons (Fsp3) is 0.286. The van der Waals surface area contributed by atoms with E-state index >= 15 is 0 Å². The molecular formula is C7H8N4OS. The van der Waals surface area contributed by atoms with E-state index in [0.717, 1.165) is 0 Å². The molecule has 0 unspecified atom stereocenters. The van der Waals surface area contributed by atoms with Gasteiger partial charge in [0.1, 0.15) is 10.5 Å². The van der Waals surface area contributed by atoms with Crippen molar-refractivity contribution in [2.24, 2.45) is 0 Å². The molecule has 0 amide bonds. The zero-order valence-corrected chi connectivity index (χ0v) is 7.58. The Morgan fingerprint density at radius 2 is 2.46 bits per heavy atom. The fourth-order valence-corrected chi connectivity index (χ4v) is 1.26. The highest BCUT2D eigenvalue weighted by molar-refractivity contribution is 7.71. The Balaban J connectivity index is 2.62. The van der Waals surface area contributed by atoms with Crippen LogP contribution in [0.3, 0.4) is 0 Å². The molecule has 2 heterocycles. The minimum absolute atomic E-state index is 0.0626. The number of nitrogens with one attached hydrogen (secondary N) is 1. The van der Waals surface area contributed by atoms with Gasteiger partial charge in [-0.05, 0) is 6.07 Å². The molecule has 6 heteroatoms. The molecule has 0 bridgehead atoms. The highest BCUT2D eigenvalue weighted by atomic mass is 32.1. The largest absolute Gasteiger partial charge is 0.396 e. The first kappa shape index (κ1) is 8.33. The van der Waals surface area contributed by atoms with Gasteiger partial charge in [0.25, 0.3) is 5.78 Å². The van der Waals surface area contributed by atoms with Crippen molar-refractivity contribution in [3.05, 3.63) is 22.7 Å². The molecular weight excluding hydrogens is 188 g/mol. The van der Waals surface area contributed by atoms with Crippen LogP contribution in [0.25, 0.3) is 5.78 Å². The number of hydrogen-bond donors (Lipinski definition) is 2. The van der Waals surface area contributed by atoms with Gasteiger partial charge >= 0.3 is 0 Å². The Morgan fingerprint density at radius 1 is 1.62 bits per heavy atom. The Kier molecular flexibility index (Phi) is 2.07. The lowest BCUT2D eigenvalue weighted by molar-refractivity contribution is 0.296. The quantitative estimate of drug-likeness (QED) is 0.679. The van der Waals surface area contributed by atoms with Gasteiger partial charge in [-0.15, -0.1) is 0 Å². The van der Waals surface area contributed by atoms with E-state index in [1.54, 1.807) is 16.8 Å². The van der Waals surface area contributed by atoms with E-state index < -0.39 is 0 Å². The molecule has 0 aliphatic rings. The topological polar surface area (TPSA) is 66.2 Å². The summed E-state index contributed by atoms with van der Waals surface area (Å²) in [5, 5.41) is 11.6. The standard InChI is InChI=1S/C7H8N4OS/c12-4-2-5-9-7-8-3-1-6(13)11(7)10-5/h1,3,12H,2,4H2,(H,8,9,10). The summed E-state index contributed by atoms with van der Waals surface area (Å²) in [5.41, 5.74) is 0. The number of H-pyrrole nitrogens is 1. The van der Waals surface area contributed by atoms with Crippen molar-refractivity contribution in [3.8, 4) is 0 Å². The van der Waals surface area contributed by atoms with E-state index in [1.807, 2.05) is 0 Å². The maximum atomic E-state index is 8.70. The number of rotatable bonds is 2. The molecule has 2 rings (SSSR count). The molecule has 0 aliphatic carbocycles. The van der Waals surface area contributed by atoms with E-state index in [-0.39, 0.29) is 6.61 Å². The van der Waals surface area contributed by atoms with Gasteiger partial charge in [0, 0.05) is 12.6 Å². The summed E-state index contributed by atoms with van der Waals surface area (Å²) in [6.07, 6.45) is 2.10. The molecule has 0 aliphatic heterocycles. The average molecular weight is 196 g/mol. The normalized spacial score (nSPS) is 10.8. The number of aliphatic hydroxyl groups is 1. The van der Waals surface area contributed by atoms with Crippen LogP contribution in [0.4, 0.5) is 0 Å². The second-order valence-corrected chi connectivity index (χ2v) is 2.98. The summed E-state index contributed by atoms with van der Waals surface area (Å²) < 4.78 is 2.24. The zero-order chi connectivity index (χ0) is 9.26. The average Bonchev–Trinajstić information content (AvgIpc) is 2.49. The van der Waals surface area contributed by atoms with Crippen molar-refractivity contribution in [2.75, 3.05) is 6.61 Å². The van der Waals surface area contributed by atoms with Gasteiger partial charge in [-0.3, -0.25) is 5.10 Å². The zero-order valence-electron chi connectivity index (χ0n) is 6.77. The Morgan fingerprint density at radius 3 is 3.15 bits per heavy atom. The van der Waals surface area contributed by atoms with Crippen LogP contribution in [0.1, 0.15) is 5.82 Å². The highest BCUT2D eigenvalue weighted by Crippen LogP contribution is 1.99. The van der Waals surface area contributed by atoms with E-state index in [0.29, 0.717) is 22.7 Å². The molecule has 5 nitrogen and oxygen atoms in total. The SMILES string of the molecule is OCCc1nc2nccc(=S)n2[nH]1. The van der Waals surface area contributed by atoms with Crippen LogP contribution in [0.2, 0.25) is 0 Å². The first-order valence-corrected chi connectivity index (χ1v) is 4.25. The molecule has 68 valence electrons. The Labute approximate surface area is 79.1 Å². The summed E-state index contributed by atoms with van der Waals surface area (Å²) >= 11 is 5.04. The number of aromatic amines is 1. The van der Waals surface area contributed by atoms with Crippen LogP contribution < -0.4 is 0 Å². The molecule has 0 saturated carbocycles. The van der Waals surface area contributed by atoms with E-state index in [4.69, 9.17) is 17.3 Å². The molecule has 0 fully saturated rings. The molecule has 2 aromatic heterocycles. The van der Waals surface area contributed by atoms with Crippen LogP contribution in [0.5, 0.6) is 0 Å². The maximum absolute atomic E-state index is 8.70. The lowest BCUT2D eigenvalue weighted by Gasteiger charge is -1.89. The third-order valence-electron chi connectivity index (χ3n) is 1.65. The fourth-order valence-electron chi connectivity index (χ4n) is 1.07. The van der Waals surface area contributed by atoms with Crippen molar-refractivity contribution < 1.29 is 5.11 Å². The molecule has 2 aromatic rings. The van der Waals surface area contributed by atoms with Crippen molar-refractivity contribution in [1.29, 1.82) is 0 Å². The molecule has 0 atom stereocenters. The molecule has 0 aromatic carbocycles. The third-order valence-corrected chi connectivity index (χ3v) is 1.97. The lowest BCUT2D eigenvalue weighted by atomic mass is 10.4. The van der Waals surface area contributed by atoms with Crippen LogP contribution >= 0.6 is 12.2 Å². The van der Waals surface area contributed by atoms with Crippen LogP contribution in [0, 0.1) is 4.64 Å². The smallest absolute Gasteiger partial charge is 0.251 e. The summed E-state index contributed by atoms with van der Waals surface area (Å²) in [6.45, 7) is 0.0626. The van der Waals surface area contributed by atoms with Crippen molar-refractivity contribution in [3.63, 3.8) is 0 Å². The van der Waals surface area contributed by atoms with Gasteiger partial charge in [-0.1, -0.05) is 12.2 Å². The summed E-state index contributed by atoms with van der Waals surface area (Å²) in [4.78, 5) is 8.15. The Hall–Kier alpha value is -1.27.